The summed E-state index contributed by atoms with van der Waals surface area (Å²) in [5.41, 5.74) is 0.689. The van der Waals surface area contributed by atoms with Gasteiger partial charge in [0.05, 0.1) is 13.2 Å². The van der Waals surface area contributed by atoms with Crippen LogP contribution in [0.25, 0.3) is 0 Å². The SMILES string of the molecule is O=C(CCc1ccccc1F)NCC1(N2CCOCC2)CCCCC1. The van der Waals surface area contributed by atoms with Crippen LogP contribution in [0.1, 0.15) is 44.1 Å². The third-order valence-corrected chi connectivity index (χ3v) is 5.66. The Morgan fingerprint density at radius 1 is 1.16 bits per heavy atom. The van der Waals surface area contributed by atoms with Gasteiger partial charge in [0.15, 0.2) is 0 Å². The molecule has 0 unspecified atom stereocenters. The molecule has 1 amide bonds. The lowest BCUT2D eigenvalue weighted by atomic mass is 9.79. The second-order valence-corrected chi connectivity index (χ2v) is 7.25. The van der Waals surface area contributed by atoms with Gasteiger partial charge in [-0.25, -0.2) is 4.39 Å². The molecule has 1 aromatic carbocycles. The lowest BCUT2D eigenvalue weighted by Crippen LogP contribution is -2.59. The Balaban J connectivity index is 1.53. The van der Waals surface area contributed by atoms with Crippen molar-refractivity contribution in [2.75, 3.05) is 32.8 Å². The van der Waals surface area contributed by atoms with Gasteiger partial charge in [0.2, 0.25) is 5.91 Å². The number of amides is 1. The number of rotatable bonds is 6. The van der Waals surface area contributed by atoms with E-state index in [0.29, 0.717) is 24.9 Å². The third kappa shape index (κ3) is 4.79. The van der Waals surface area contributed by atoms with Crippen molar-refractivity contribution < 1.29 is 13.9 Å². The molecule has 1 aliphatic carbocycles. The number of nitrogens with one attached hydrogen (secondary N) is 1. The summed E-state index contributed by atoms with van der Waals surface area (Å²) in [5.74, 6) is -0.214. The van der Waals surface area contributed by atoms with Crippen molar-refractivity contribution >= 4 is 5.91 Å². The van der Waals surface area contributed by atoms with E-state index < -0.39 is 0 Å². The van der Waals surface area contributed by atoms with Crippen LogP contribution < -0.4 is 5.32 Å². The molecule has 1 saturated heterocycles. The summed E-state index contributed by atoms with van der Waals surface area (Å²) in [7, 11) is 0. The van der Waals surface area contributed by atoms with Crippen LogP contribution in [0.3, 0.4) is 0 Å². The van der Waals surface area contributed by atoms with E-state index in [9.17, 15) is 9.18 Å². The zero-order valence-corrected chi connectivity index (χ0v) is 14.9. The Labute approximate surface area is 149 Å². The summed E-state index contributed by atoms with van der Waals surface area (Å²) >= 11 is 0. The van der Waals surface area contributed by atoms with Gasteiger partial charge in [0, 0.05) is 31.6 Å². The van der Waals surface area contributed by atoms with E-state index in [1.807, 2.05) is 6.07 Å². The first-order valence-corrected chi connectivity index (χ1v) is 9.53. The molecule has 1 aromatic rings. The normalized spacial score (nSPS) is 21.0. The van der Waals surface area contributed by atoms with Gasteiger partial charge in [-0.2, -0.15) is 0 Å². The number of ether oxygens (including phenoxy) is 1. The number of nitrogens with zero attached hydrogens (tertiary/aromatic N) is 1. The fraction of sp³-hybridized carbons (Fsp3) is 0.650. The zero-order valence-electron chi connectivity index (χ0n) is 14.9. The van der Waals surface area contributed by atoms with Crippen LogP contribution in [-0.2, 0) is 16.0 Å². The molecule has 1 heterocycles. The maximum Gasteiger partial charge on any atom is 0.220 e. The summed E-state index contributed by atoms with van der Waals surface area (Å²) < 4.78 is 19.2. The number of halogens is 1. The first-order valence-electron chi connectivity index (χ1n) is 9.53. The molecule has 1 saturated carbocycles. The highest BCUT2D eigenvalue weighted by Gasteiger charge is 2.38. The molecule has 4 nitrogen and oxygen atoms in total. The molecule has 138 valence electrons. The lowest BCUT2D eigenvalue weighted by Gasteiger charge is -2.48. The molecule has 1 aliphatic heterocycles. The number of hydrogen-bond acceptors (Lipinski definition) is 3. The summed E-state index contributed by atoms with van der Waals surface area (Å²) in [6.45, 7) is 4.16. The van der Waals surface area contributed by atoms with E-state index in [1.165, 1.54) is 25.3 Å². The van der Waals surface area contributed by atoms with Gasteiger partial charge in [-0.15, -0.1) is 0 Å². The molecule has 0 spiro atoms. The Morgan fingerprint density at radius 3 is 2.60 bits per heavy atom. The Kier molecular flexibility index (Phi) is 6.43. The molecule has 1 N–H and O–H groups in total. The van der Waals surface area contributed by atoms with Gasteiger partial charge in [-0.1, -0.05) is 37.5 Å². The topological polar surface area (TPSA) is 41.6 Å². The Hall–Kier alpha value is -1.46. The van der Waals surface area contributed by atoms with Gasteiger partial charge in [0.1, 0.15) is 5.82 Å². The minimum absolute atomic E-state index is 0.0152. The fourth-order valence-corrected chi connectivity index (χ4v) is 4.15. The van der Waals surface area contributed by atoms with E-state index in [2.05, 4.69) is 10.2 Å². The Bertz CT molecular complexity index is 567. The molecule has 0 radical (unpaired) electrons. The van der Waals surface area contributed by atoms with Crippen LogP contribution in [0.5, 0.6) is 0 Å². The van der Waals surface area contributed by atoms with Crippen LogP contribution in [-0.4, -0.2) is 49.2 Å². The molecule has 25 heavy (non-hydrogen) atoms. The summed E-state index contributed by atoms with van der Waals surface area (Å²) in [5, 5.41) is 3.14. The van der Waals surface area contributed by atoms with Gasteiger partial charge in [0.25, 0.3) is 0 Å². The van der Waals surface area contributed by atoms with E-state index >= 15 is 0 Å². The van der Waals surface area contributed by atoms with Crippen LogP contribution in [0.2, 0.25) is 0 Å². The van der Waals surface area contributed by atoms with Crippen molar-refractivity contribution in [3.63, 3.8) is 0 Å². The van der Waals surface area contributed by atoms with Crippen molar-refractivity contribution in [2.45, 2.75) is 50.5 Å². The average molecular weight is 348 g/mol. The fourth-order valence-electron chi connectivity index (χ4n) is 4.15. The summed E-state index contributed by atoms with van der Waals surface area (Å²) in [4.78, 5) is 14.8. The smallest absolute Gasteiger partial charge is 0.220 e. The van der Waals surface area contributed by atoms with E-state index in [-0.39, 0.29) is 17.3 Å². The van der Waals surface area contributed by atoms with E-state index in [1.54, 1.807) is 12.1 Å². The monoisotopic (exact) mass is 348 g/mol. The second-order valence-electron chi connectivity index (χ2n) is 7.25. The van der Waals surface area contributed by atoms with Crippen molar-refractivity contribution in [1.82, 2.24) is 10.2 Å². The molecule has 2 fully saturated rings. The first kappa shape index (κ1) is 18.3. The number of benzene rings is 1. The molecule has 2 aliphatic rings. The van der Waals surface area contributed by atoms with Crippen LogP contribution in [0, 0.1) is 5.82 Å². The maximum absolute atomic E-state index is 13.7. The van der Waals surface area contributed by atoms with Crippen molar-refractivity contribution in [2.24, 2.45) is 0 Å². The van der Waals surface area contributed by atoms with Crippen molar-refractivity contribution in [1.29, 1.82) is 0 Å². The predicted molar refractivity (Wildman–Crippen MR) is 95.9 cm³/mol. The number of aryl methyl sites for hydroxylation is 1. The zero-order chi connectivity index (χ0) is 17.5. The number of hydrogen-bond donors (Lipinski definition) is 1. The van der Waals surface area contributed by atoms with Gasteiger partial charge < -0.3 is 10.1 Å². The predicted octanol–water partition coefficient (Wildman–Crippen LogP) is 2.91. The second kappa shape index (κ2) is 8.77. The Morgan fingerprint density at radius 2 is 1.88 bits per heavy atom. The highest BCUT2D eigenvalue weighted by atomic mass is 19.1. The molecule has 0 atom stereocenters. The largest absolute Gasteiger partial charge is 0.379 e. The van der Waals surface area contributed by atoms with Gasteiger partial charge in [-0.3, -0.25) is 9.69 Å². The number of carbonyl (C=O) groups is 1. The van der Waals surface area contributed by atoms with Crippen LogP contribution in [0.4, 0.5) is 4.39 Å². The number of morpholine rings is 1. The number of carbonyl (C=O) groups excluding carboxylic acids is 1. The average Bonchev–Trinajstić information content (AvgIpc) is 2.67. The van der Waals surface area contributed by atoms with E-state index in [4.69, 9.17) is 4.74 Å². The lowest BCUT2D eigenvalue weighted by molar-refractivity contribution is -0.122. The molecule has 0 aromatic heterocycles. The minimum Gasteiger partial charge on any atom is -0.379 e. The van der Waals surface area contributed by atoms with Crippen molar-refractivity contribution in [3.05, 3.63) is 35.6 Å². The highest BCUT2D eigenvalue weighted by molar-refractivity contribution is 5.76. The molecular formula is C20H29FN2O2. The van der Waals surface area contributed by atoms with Crippen molar-refractivity contribution in [3.8, 4) is 0 Å². The maximum atomic E-state index is 13.7. The molecule has 0 bridgehead atoms. The van der Waals surface area contributed by atoms with Gasteiger partial charge in [-0.05, 0) is 30.9 Å². The molecule has 5 heteroatoms. The molecule has 3 rings (SSSR count). The van der Waals surface area contributed by atoms with Gasteiger partial charge >= 0.3 is 0 Å². The standard InChI is InChI=1S/C20H29FN2O2/c21-18-7-3-2-6-17(18)8-9-19(24)22-16-20(10-4-1-5-11-20)23-12-14-25-15-13-23/h2-3,6-7H,1,4-5,8-16H2,(H,22,24). The first-order chi connectivity index (χ1) is 12.2. The van der Waals surface area contributed by atoms with E-state index in [0.717, 1.165) is 39.1 Å². The molecular weight excluding hydrogens is 319 g/mol. The summed E-state index contributed by atoms with van der Waals surface area (Å²) in [6.07, 6.45) is 6.79. The summed E-state index contributed by atoms with van der Waals surface area (Å²) in [6, 6.07) is 6.68. The van der Waals surface area contributed by atoms with Crippen LogP contribution >= 0.6 is 0 Å². The third-order valence-electron chi connectivity index (χ3n) is 5.66. The highest BCUT2D eigenvalue weighted by Crippen LogP contribution is 2.33. The minimum atomic E-state index is -0.229. The quantitative estimate of drug-likeness (QED) is 0.859. The van der Waals surface area contributed by atoms with Crippen LogP contribution in [0.15, 0.2) is 24.3 Å².